The van der Waals surface area contributed by atoms with E-state index in [1.165, 1.54) is 17.8 Å². The van der Waals surface area contributed by atoms with Gasteiger partial charge in [0.2, 0.25) is 0 Å². The molecule has 0 saturated carbocycles. The summed E-state index contributed by atoms with van der Waals surface area (Å²) < 4.78 is 21.0. The molecule has 1 aromatic carbocycles. The first kappa shape index (κ1) is 21.3. The minimum Gasteiger partial charge on any atom is -0.489 e. The summed E-state index contributed by atoms with van der Waals surface area (Å²) in [5.74, 6) is 1.01. The molecule has 2 rings (SSSR count). The van der Waals surface area contributed by atoms with E-state index >= 15 is 0 Å². The van der Waals surface area contributed by atoms with Gasteiger partial charge in [0, 0.05) is 39.1 Å². The van der Waals surface area contributed by atoms with Crippen LogP contribution in [0.25, 0.3) is 0 Å². The van der Waals surface area contributed by atoms with Crippen LogP contribution >= 0.6 is 24.0 Å². The van der Waals surface area contributed by atoms with Crippen LogP contribution in [-0.2, 0) is 13.6 Å². The summed E-state index contributed by atoms with van der Waals surface area (Å²) in [6.45, 7) is 3.26. The first-order chi connectivity index (χ1) is 11.5. The topological polar surface area (TPSA) is 41.8 Å². The molecule has 1 heterocycles. The van der Waals surface area contributed by atoms with Crippen LogP contribution in [0.5, 0.6) is 5.75 Å². The Hall–Kier alpha value is -1.77. The predicted octanol–water partition coefficient (Wildman–Crippen LogP) is 3.26. The Bertz CT molecular complexity index is 689. The number of halogens is 2. The van der Waals surface area contributed by atoms with Gasteiger partial charge in [0.1, 0.15) is 17.7 Å². The highest BCUT2D eigenvalue weighted by molar-refractivity contribution is 14.0. The number of nitrogens with zero attached hydrogens (tertiary/aromatic N) is 3. The molecule has 0 spiro atoms. The summed E-state index contributed by atoms with van der Waals surface area (Å²) >= 11 is 0. The number of aliphatic imine (C=N–C) groups is 1. The number of benzene rings is 1. The third kappa shape index (κ3) is 6.56. The molecule has 5 nitrogen and oxygen atoms in total. The number of guanidine groups is 1. The number of aromatic nitrogens is 1. The molecular formula is C18H26FIN4O. The number of hydrogen-bond acceptors (Lipinski definition) is 2. The highest BCUT2D eigenvalue weighted by Gasteiger charge is 2.11. The van der Waals surface area contributed by atoms with E-state index in [1.807, 2.05) is 38.2 Å². The van der Waals surface area contributed by atoms with Gasteiger partial charge in [-0.2, -0.15) is 0 Å². The van der Waals surface area contributed by atoms with Crippen LogP contribution in [0, 0.1) is 5.82 Å². The van der Waals surface area contributed by atoms with Crippen molar-refractivity contribution in [2.75, 3.05) is 20.6 Å². The Balaban J connectivity index is 0.00000312. The van der Waals surface area contributed by atoms with Crippen molar-refractivity contribution in [1.29, 1.82) is 0 Å². The molecule has 1 aromatic heterocycles. The standard InChI is InChI=1S/C18H25FN4O.HI/c1-14(24-17-9-5-7-15(19)11-17)12-21-18(20-2)23(4)13-16-8-6-10-22(16)3;/h5-11,14H,12-13H2,1-4H3,(H,20,21);1H. The smallest absolute Gasteiger partial charge is 0.193 e. The minimum absolute atomic E-state index is 0. The molecule has 1 N–H and O–H groups in total. The average molecular weight is 460 g/mol. The maximum absolute atomic E-state index is 13.2. The molecule has 0 fully saturated rings. The summed E-state index contributed by atoms with van der Waals surface area (Å²) in [7, 11) is 5.76. The monoisotopic (exact) mass is 460 g/mol. The maximum Gasteiger partial charge on any atom is 0.193 e. The van der Waals surface area contributed by atoms with Crippen molar-refractivity contribution < 1.29 is 9.13 Å². The van der Waals surface area contributed by atoms with Crippen molar-refractivity contribution in [3.05, 3.63) is 54.1 Å². The molecular weight excluding hydrogens is 434 g/mol. The Morgan fingerprint density at radius 3 is 2.72 bits per heavy atom. The van der Waals surface area contributed by atoms with Crippen LogP contribution in [-0.4, -0.2) is 42.2 Å². The van der Waals surface area contributed by atoms with E-state index in [0.717, 1.165) is 12.5 Å². The van der Waals surface area contributed by atoms with E-state index in [1.54, 1.807) is 19.2 Å². The number of hydrogen-bond donors (Lipinski definition) is 1. The van der Waals surface area contributed by atoms with Crippen molar-refractivity contribution in [2.24, 2.45) is 12.0 Å². The van der Waals surface area contributed by atoms with Crippen LogP contribution in [0.4, 0.5) is 4.39 Å². The summed E-state index contributed by atoms with van der Waals surface area (Å²) in [4.78, 5) is 6.34. The molecule has 1 atom stereocenters. The van der Waals surface area contributed by atoms with E-state index in [9.17, 15) is 4.39 Å². The second kappa shape index (κ2) is 10.3. The van der Waals surface area contributed by atoms with Gasteiger partial charge >= 0.3 is 0 Å². The van der Waals surface area contributed by atoms with Gasteiger partial charge in [-0.05, 0) is 31.2 Å². The van der Waals surface area contributed by atoms with Crippen molar-refractivity contribution in [3.8, 4) is 5.75 Å². The summed E-state index contributed by atoms with van der Waals surface area (Å²) in [5, 5.41) is 3.28. The van der Waals surface area contributed by atoms with Gasteiger partial charge in [-0.3, -0.25) is 4.99 Å². The van der Waals surface area contributed by atoms with E-state index < -0.39 is 0 Å². The molecule has 0 saturated heterocycles. The molecule has 0 aliphatic rings. The number of rotatable bonds is 6. The Morgan fingerprint density at radius 2 is 2.12 bits per heavy atom. The first-order valence-electron chi connectivity index (χ1n) is 7.94. The lowest BCUT2D eigenvalue weighted by atomic mass is 10.3. The van der Waals surface area contributed by atoms with E-state index in [0.29, 0.717) is 12.3 Å². The predicted molar refractivity (Wildman–Crippen MR) is 110 cm³/mol. The molecule has 0 radical (unpaired) electrons. The quantitative estimate of drug-likeness (QED) is 0.409. The van der Waals surface area contributed by atoms with Crippen molar-refractivity contribution in [3.63, 3.8) is 0 Å². The molecule has 0 bridgehead atoms. The van der Waals surface area contributed by atoms with Crippen LogP contribution in [0.3, 0.4) is 0 Å². The highest BCUT2D eigenvalue weighted by atomic mass is 127. The normalized spacial score (nSPS) is 12.3. The molecule has 1 unspecified atom stereocenters. The van der Waals surface area contributed by atoms with Crippen LogP contribution in [0.2, 0.25) is 0 Å². The molecule has 0 amide bonds. The van der Waals surface area contributed by atoms with E-state index in [-0.39, 0.29) is 35.9 Å². The third-order valence-electron chi connectivity index (χ3n) is 3.70. The van der Waals surface area contributed by atoms with Crippen LogP contribution in [0.15, 0.2) is 47.6 Å². The lowest BCUT2D eigenvalue weighted by Crippen LogP contribution is -2.42. The lowest BCUT2D eigenvalue weighted by Gasteiger charge is -2.24. The van der Waals surface area contributed by atoms with Crippen molar-refractivity contribution in [1.82, 2.24) is 14.8 Å². The number of ether oxygens (including phenoxy) is 1. The van der Waals surface area contributed by atoms with Crippen LogP contribution in [0.1, 0.15) is 12.6 Å². The second-order valence-corrected chi connectivity index (χ2v) is 5.78. The van der Waals surface area contributed by atoms with E-state index in [2.05, 4.69) is 20.9 Å². The summed E-state index contributed by atoms with van der Waals surface area (Å²) in [6, 6.07) is 10.3. The molecule has 0 aliphatic carbocycles. The lowest BCUT2D eigenvalue weighted by molar-refractivity contribution is 0.221. The van der Waals surface area contributed by atoms with Crippen molar-refractivity contribution >= 4 is 29.9 Å². The summed E-state index contributed by atoms with van der Waals surface area (Å²) in [6.07, 6.45) is 1.90. The number of nitrogens with one attached hydrogen (secondary N) is 1. The van der Waals surface area contributed by atoms with Gasteiger partial charge in [-0.1, -0.05) is 6.07 Å². The first-order valence-corrected chi connectivity index (χ1v) is 7.94. The van der Waals surface area contributed by atoms with Crippen LogP contribution < -0.4 is 10.1 Å². The Morgan fingerprint density at radius 1 is 1.36 bits per heavy atom. The summed E-state index contributed by atoms with van der Waals surface area (Å²) in [5.41, 5.74) is 1.20. The van der Waals surface area contributed by atoms with Gasteiger partial charge in [-0.15, -0.1) is 24.0 Å². The third-order valence-corrected chi connectivity index (χ3v) is 3.70. The highest BCUT2D eigenvalue weighted by Crippen LogP contribution is 2.13. The van der Waals surface area contributed by atoms with Gasteiger partial charge in [-0.25, -0.2) is 4.39 Å². The zero-order valence-corrected chi connectivity index (χ0v) is 17.4. The molecule has 138 valence electrons. The maximum atomic E-state index is 13.2. The molecule has 2 aromatic rings. The Labute approximate surface area is 165 Å². The van der Waals surface area contributed by atoms with Gasteiger partial charge in [0.05, 0.1) is 13.1 Å². The Kier molecular flexibility index (Phi) is 8.74. The second-order valence-electron chi connectivity index (χ2n) is 5.78. The minimum atomic E-state index is -0.300. The zero-order valence-electron chi connectivity index (χ0n) is 15.1. The van der Waals surface area contributed by atoms with Gasteiger partial charge in [0.25, 0.3) is 0 Å². The number of aryl methyl sites for hydroxylation is 1. The fraction of sp³-hybridized carbons (Fsp3) is 0.389. The molecule has 0 aliphatic heterocycles. The largest absolute Gasteiger partial charge is 0.489 e. The average Bonchev–Trinajstić information content (AvgIpc) is 2.93. The zero-order chi connectivity index (χ0) is 17.5. The fourth-order valence-corrected chi connectivity index (χ4v) is 2.41. The SMILES string of the molecule is CN=C(NCC(C)Oc1cccc(F)c1)N(C)Cc1cccn1C.I. The van der Waals surface area contributed by atoms with Gasteiger partial charge in [0.15, 0.2) is 5.96 Å². The van der Waals surface area contributed by atoms with E-state index in [4.69, 9.17) is 4.74 Å². The molecule has 25 heavy (non-hydrogen) atoms. The fourth-order valence-electron chi connectivity index (χ4n) is 2.41. The molecule has 7 heteroatoms. The van der Waals surface area contributed by atoms with Gasteiger partial charge < -0.3 is 19.5 Å². The van der Waals surface area contributed by atoms with Crippen molar-refractivity contribution in [2.45, 2.75) is 19.6 Å².